The summed E-state index contributed by atoms with van der Waals surface area (Å²) >= 11 is 3.47. The maximum atomic E-state index is 6.09. The Morgan fingerprint density at radius 1 is 1.20 bits per heavy atom. The minimum Gasteiger partial charge on any atom is -0.369 e. The van der Waals surface area contributed by atoms with E-state index in [1.54, 1.807) is 0 Å². The first kappa shape index (κ1) is 13.2. The summed E-state index contributed by atoms with van der Waals surface area (Å²) < 4.78 is 1.08. The standard InChI is InChI=1S/C16H16BrN3/c1-11-3-2-4-14(9-11)20-15(10-19-16(20)18)12-5-7-13(17)8-6-12/h2-9,15H,10H2,1H3,(H2,18,19). The second-order valence-electron chi connectivity index (χ2n) is 4.98. The van der Waals surface area contributed by atoms with E-state index < -0.39 is 0 Å². The van der Waals surface area contributed by atoms with Crippen LogP contribution in [0.2, 0.25) is 0 Å². The summed E-state index contributed by atoms with van der Waals surface area (Å²) in [5.74, 6) is 0.587. The van der Waals surface area contributed by atoms with Crippen LogP contribution in [0.25, 0.3) is 0 Å². The molecule has 3 rings (SSSR count). The molecule has 0 saturated heterocycles. The van der Waals surface area contributed by atoms with Crippen LogP contribution >= 0.6 is 15.9 Å². The highest BCUT2D eigenvalue weighted by atomic mass is 79.9. The van der Waals surface area contributed by atoms with Crippen LogP contribution in [0.4, 0.5) is 5.69 Å². The largest absolute Gasteiger partial charge is 0.369 e. The van der Waals surface area contributed by atoms with Gasteiger partial charge in [0.1, 0.15) is 0 Å². The van der Waals surface area contributed by atoms with Gasteiger partial charge in [-0.2, -0.15) is 0 Å². The maximum absolute atomic E-state index is 6.09. The fourth-order valence-corrected chi connectivity index (χ4v) is 2.79. The number of hydrogen-bond donors (Lipinski definition) is 1. The minimum absolute atomic E-state index is 0.171. The summed E-state index contributed by atoms with van der Waals surface area (Å²) in [6.07, 6.45) is 0. The highest BCUT2D eigenvalue weighted by molar-refractivity contribution is 9.10. The summed E-state index contributed by atoms with van der Waals surface area (Å²) in [6, 6.07) is 16.9. The summed E-state index contributed by atoms with van der Waals surface area (Å²) in [5, 5.41) is 0. The quantitative estimate of drug-likeness (QED) is 0.913. The molecule has 1 unspecified atom stereocenters. The van der Waals surface area contributed by atoms with Crippen molar-refractivity contribution in [1.29, 1.82) is 0 Å². The Labute approximate surface area is 127 Å². The van der Waals surface area contributed by atoms with Crippen LogP contribution < -0.4 is 10.6 Å². The number of benzene rings is 2. The van der Waals surface area contributed by atoms with Crippen LogP contribution in [0.3, 0.4) is 0 Å². The van der Waals surface area contributed by atoms with Crippen molar-refractivity contribution in [3.63, 3.8) is 0 Å². The van der Waals surface area contributed by atoms with E-state index in [1.807, 2.05) is 0 Å². The molecular weight excluding hydrogens is 314 g/mol. The molecule has 1 aliphatic heterocycles. The number of anilines is 1. The van der Waals surface area contributed by atoms with Crippen molar-refractivity contribution >= 4 is 27.6 Å². The van der Waals surface area contributed by atoms with Gasteiger partial charge in [0.25, 0.3) is 0 Å². The monoisotopic (exact) mass is 329 g/mol. The second kappa shape index (κ2) is 5.29. The molecule has 1 heterocycles. The molecule has 3 nitrogen and oxygen atoms in total. The van der Waals surface area contributed by atoms with Gasteiger partial charge in [-0.15, -0.1) is 0 Å². The lowest BCUT2D eigenvalue weighted by Gasteiger charge is -2.27. The van der Waals surface area contributed by atoms with E-state index in [0.29, 0.717) is 12.5 Å². The molecule has 20 heavy (non-hydrogen) atoms. The Kier molecular flexibility index (Phi) is 3.49. The van der Waals surface area contributed by atoms with E-state index in [4.69, 9.17) is 5.73 Å². The molecule has 0 aliphatic carbocycles. The molecule has 0 amide bonds. The van der Waals surface area contributed by atoms with Crippen LogP contribution in [0.1, 0.15) is 17.2 Å². The first-order chi connectivity index (χ1) is 9.65. The summed E-state index contributed by atoms with van der Waals surface area (Å²) in [6.45, 7) is 2.78. The normalized spacial score (nSPS) is 18.2. The number of nitrogens with zero attached hydrogens (tertiary/aromatic N) is 2. The van der Waals surface area contributed by atoms with Crippen LogP contribution in [0.15, 0.2) is 58.0 Å². The zero-order valence-corrected chi connectivity index (χ0v) is 12.8. The average Bonchev–Trinajstić information content (AvgIpc) is 2.81. The van der Waals surface area contributed by atoms with E-state index in [2.05, 4.69) is 81.3 Å². The van der Waals surface area contributed by atoms with E-state index in [-0.39, 0.29) is 6.04 Å². The first-order valence-corrected chi connectivity index (χ1v) is 7.36. The third-order valence-corrected chi connectivity index (χ3v) is 4.05. The molecule has 4 heteroatoms. The van der Waals surface area contributed by atoms with Gasteiger partial charge in [-0.3, -0.25) is 4.99 Å². The highest BCUT2D eigenvalue weighted by Gasteiger charge is 2.28. The molecular formula is C16H16BrN3. The number of nitrogens with two attached hydrogens (primary N) is 1. The number of rotatable bonds is 2. The predicted octanol–water partition coefficient (Wildman–Crippen LogP) is 3.63. The molecule has 0 radical (unpaired) electrons. The zero-order valence-electron chi connectivity index (χ0n) is 11.3. The number of guanidine groups is 1. The molecule has 1 aliphatic rings. The Bertz CT molecular complexity index is 649. The highest BCUT2D eigenvalue weighted by Crippen LogP contribution is 2.31. The predicted molar refractivity (Wildman–Crippen MR) is 87.0 cm³/mol. The van der Waals surface area contributed by atoms with Crippen molar-refractivity contribution in [1.82, 2.24) is 0 Å². The van der Waals surface area contributed by atoms with E-state index in [0.717, 1.165) is 10.2 Å². The number of hydrogen-bond acceptors (Lipinski definition) is 3. The molecule has 0 saturated carbocycles. The summed E-state index contributed by atoms with van der Waals surface area (Å²) in [5.41, 5.74) is 9.62. The molecule has 0 aromatic heterocycles. The van der Waals surface area contributed by atoms with Crippen molar-refractivity contribution < 1.29 is 0 Å². The fraction of sp³-hybridized carbons (Fsp3) is 0.188. The maximum Gasteiger partial charge on any atom is 0.196 e. The number of halogens is 1. The summed E-state index contributed by atoms with van der Waals surface area (Å²) in [7, 11) is 0. The smallest absolute Gasteiger partial charge is 0.196 e. The Balaban J connectivity index is 1.98. The first-order valence-electron chi connectivity index (χ1n) is 6.56. The lowest BCUT2D eigenvalue weighted by molar-refractivity contribution is 0.768. The van der Waals surface area contributed by atoms with Gasteiger partial charge in [-0.1, -0.05) is 40.2 Å². The third kappa shape index (κ3) is 2.43. The second-order valence-corrected chi connectivity index (χ2v) is 5.89. The molecule has 1 atom stereocenters. The van der Waals surface area contributed by atoms with Crippen molar-refractivity contribution in [2.75, 3.05) is 11.4 Å². The topological polar surface area (TPSA) is 41.6 Å². The van der Waals surface area contributed by atoms with E-state index in [9.17, 15) is 0 Å². The Morgan fingerprint density at radius 2 is 1.95 bits per heavy atom. The van der Waals surface area contributed by atoms with Crippen molar-refractivity contribution in [2.45, 2.75) is 13.0 Å². The van der Waals surface area contributed by atoms with E-state index >= 15 is 0 Å². The minimum atomic E-state index is 0.171. The van der Waals surface area contributed by atoms with Gasteiger partial charge in [0.15, 0.2) is 5.96 Å². The van der Waals surface area contributed by atoms with Gasteiger partial charge in [0, 0.05) is 10.2 Å². The van der Waals surface area contributed by atoms with Crippen LogP contribution in [-0.2, 0) is 0 Å². The lowest BCUT2D eigenvalue weighted by atomic mass is 10.1. The molecule has 2 aromatic carbocycles. The van der Waals surface area contributed by atoms with Crippen molar-refractivity contribution in [2.24, 2.45) is 10.7 Å². The molecule has 102 valence electrons. The SMILES string of the molecule is Cc1cccc(N2C(N)=NCC2c2ccc(Br)cc2)c1. The molecule has 2 aromatic rings. The van der Waals surface area contributed by atoms with Gasteiger partial charge in [-0.05, 0) is 42.3 Å². The van der Waals surface area contributed by atoms with Gasteiger partial charge in [0.2, 0.25) is 0 Å². The Hall–Kier alpha value is -1.81. The third-order valence-electron chi connectivity index (χ3n) is 3.52. The van der Waals surface area contributed by atoms with Gasteiger partial charge in [0.05, 0.1) is 12.6 Å². The zero-order chi connectivity index (χ0) is 14.1. The van der Waals surface area contributed by atoms with Crippen LogP contribution in [-0.4, -0.2) is 12.5 Å². The van der Waals surface area contributed by atoms with Gasteiger partial charge < -0.3 is 10.6 Å². The Morgan fingerprint density at radius 3 is 2.65 bits per heavy atom. The molecule has 0 fully saturated rings. The van der Waals surface area contributed by atoms with Crippen molar-refractivity contribution in [3.05, 3.63) is 64.1 Å². The lowest BCUT2D eigenvalue weighted by Crippen LogP contribution is -2.36. The molecule has 0 spiro atoms. The fourth-order valence-electron chi connectivity index (χ4n) is 2.53. The number of aryl methyl sites for hydroxylation is 1. The number of aliphatic imine (C=N–C) groups is 1. The molecule has 2 N–H and O–H groups in total. The average molecular weight is 330 g/mol. The summed E-state index contributed by atoms with van der Waals surface area (Å²) in [4.78, 5) is 6.52. The van der Waals surface area contributed by atoms with Crippen LogP contribution in [0, 0.1) is 6.92 Å². The van der Waals surface area contributed by atoms with Crippen molar-refractivity contribution in [3.8, 4) is 0 Å². The van der Waals surface area contributed by atoms with Gasteiger partial charge in [-0.25, -0.2) is 0 Å². The molecule has 0 bridgehead atoms. The van der Waals surface area contributed by atoms with Crippen LogP contribution in [0.5, 0.6) is 0 Å². The van der Waals surface area contributed by atoms with Gasteiger partial charge >= 0.3 is 0 Å². The van der Waals surface area contributed by atoms with E-state index in [1.165, 1.54) is 11.1 Å².